The topological polar surface area (TPSA) is 15.8 Å². The highest BCUT2D eigenvalue weighted by atomic mass is 35.5. The lowest BCUT2D eigenvalue weighted by Gasteiger charge is -1.96. The Morgan fingerprint density at radius 3 is 2.31 bits per heavy atom. The molecule has 13 heavy (non-hydrogen) atoms. The Labute approximate surface area is 94.5 Å². The fourth-order valence-corrected chi connectivity index (χ4v) is 2.06. The van der Waals surface area contributed by atoms with E-state index < -0.39 is 0 Å². The average molecular weight is 255 g/mol. The van der Waals surface area contributed by atoms with Crippen molar-refractivity contribution in [2.24, 2.45) is 0 Å². The van der Waals surface area contributed by atoms with E-state index in [-0.39, 0.29) is 0 Å². The van der Waals surface area contributed by atoms with Crippen LogP contribution in [0.25, 0.3) is 10.9 Å². The fraction of sp³-hybridized carbons (Fsp3) is 0. The second-order valence-corrected chi connectivity index (χ2v) is 4.08. The summed E-state index contributed by atoms with van der Waals surface area (Å²) in [7, 11) is 0. The van der Waals surface area contributed by atoms with Gasteiger partial charge in [-0.25, -0.2) is 0 Å². The number of hydrogen-bond donors (Lipinski definition) is 1. The summed E-state index contributed by atoms with van der Waals surface area (Å²) in [4.78, 5) is 2.89. The summed E-state index contributed by atoms with van der Waals surface area (Å²) < 4.78 is 0. The molecule has 2 rings (SSSR count). The van der Waals surface area contributed by atoms with Crippen LogP contribution in [0, 0.1) is 0 Å². The molecule has 1 nitrogen and oxygen atoms in total. The molecule has 0 amide bonds. The maximum atomic E-state index is 5.95. The van der Waals surface area contributed by atoms with Crippen molar-refractivity contribution in [2.75, 3.05) is 0 Å². The summed E-state index contributed by atoms with van der Waals surface area (Å²) in [6.45, 7) is 0. The van der Waals surface area contributed by atoms with E-state index in [1.54, 1.807) is 12.1 Å². The van der Waals surface area contributed by atoms with Crippen molar-refractivity contribution in [3.8, 4) is 0 Å². The Kier molecular flexibility index (Phi) is 2.37. The Hall–Kier alpha value is -0.0800. The summed E-state index contributed by atoms with van der Waals surface area (Å²) in [6, 6.07) is 3.47. The predicted molar refractivity (Wildman–Crippen MR) is 58.3 cm³/mol. The van der Waals surface area contributed by atoms with Crippen LogP contribution in [-0.4, -0.2) is 4.98 Å². The van der Waals surface area contributed by atoms with E-state index in [0.29, 0.717) is 25.6 Å². The highest BCUT2D eigenvalue weighted by Crippen LogP contribution is 2.38. The molecule has 1 aromatic heterocycles. The number of halogens is 4. The van der Waals surface area contributed by atoms with Crippen LogP contribution in [0.3, 0.4) is 0 Å². The van der Waals surface area contributed by atoms with Gasteiger partial charge in [0.05, 0.1) is 15.1 Å². The number of aromatic amines is 1. The Morgan fingerprint density at radius 1 is 0.923 bits per heavy atom. The third-order valence-corrected chi connectivity index (χ3v) is 3.31. The number of aromatic nitrogens is 1. The zero-order valence-corrected chi connectivity index (χ0v) is 9.19. The van der Waals surface area contributed by atoms with Crippen LogP contribution >= 0.6 is 46.4 Å². The lowest BCUT2D eigenvalue weighted by atomic mass is 10.2. The lowest BCUT2D eigenvalue weighted by Crippen LogP contribution is -1.71. The van der Waals surface area contributed by atoms with Gasteiger partial charge < -0.3 is 4.98 Å². The number of benzene rings is 1. The summed E-state index contributed by atoms with van der Waals surface area (Å²) in [5.74, 6) is 0. The number of fused-ring (bicyclic) bond motifs is 1. The van der Waals surface area contributed by atoms with E-state index in [2.05, 4.69) is 4.98 Å². The van der Waals surface area contributed by atoms with E-state index in [1.165, 1.54) is 0 Å². The zero-order chi connectivity index (χ0) is 9.59. The molecule has 1 N–H and O–H groups in total. The number of rotatable bonds is 0. The molecule has 0 aliphatic carbocycles. The van der Waals surface area contributed by atoms with Crippen molar-refractivity contribution in [1.82, 2.24) is 4.98 Å². The number of hydrogen-bond acceptors (Lipinski definition) is 0. The smallest absolute Gasteiger partial charge is 0.126 e. The van der Waals surface area contributed by atoms with Crippen molar-refractivity contribution in [3.05, 3.63) is 32.4 Å². The second kappa shape index (κ2) is 3.25. The van der Waals surface area contributed by atoms with E-state index in [1.807, 2.05) is 0 Å². The molecule has 2 aromatic rings. The first-order chi connectivity index (χ1) is 6.11. The van der Waals surface area contributed by atoms with Crippen molar-refractivity contribution < 1.29 is 0 Å². The van der Waals surface area contributed by atoms with Gasteiger partial charge in [0.1, 0.15) is 5.15 Å². The first-order valence-corrected chi connectivity index (χ1v) is 4.93. The van der Waals surface area contributed by atoms with Gasteiger partial charge >= 0.3 is 0 Å². The molecule has 0 saturated heterocycles. The monoisotopic (exact) mass is 253 g/mol. The molecule has 0 aliphatic rings. The third kappa shape index (κ3) is 1.40. The van der Waals surface area contributed by atoms with Crippen LogP contribution in [0.1, 0.15) is 0 Å². The molecule has 68 valence electrons. The summed E-state index contributed by atoms with van der Waals surface area (Å²) in [5.41, 5.74) is 0.782. The minimum atomic E-state index is 0.376. The molecular weight excluding hydrogens is 252 g/mol. The molecule has 0 aliphatic heterocycles. The summed E-state index contributed by atoms with van der Waals surface area (Å²) in [5, 5.41) is 2.34. The van der Waals surface area contributed by atoms with Gasteiger partial charge in [0.2, 0.25) is 0 Å². The number of H-pyrrole nitrogens is 1. The molecule has 0 radical (unpaired) electrons. The molecule has 1 aromatic carbocycles. The predicted octanol–water partition coefficient (Wildman–Crippen LogP) is 4.78. The van der Waals surface area contributed by atoms with Crippen LogP contribution in [-0.2, 0) is 0 Å². The van der Waals surface area contributed by atoms with Crippen LogP contribution in [0.4, 0.5) is 0 Å². The molecule has 0 atom stereocenters. The summed E-state index contributed by atoms with van der Waals surface area (Å²) in [6.07, 6.45) is 0. The van der Waals surface area contributed by atoms with Crippen LogP contribution in [0.5, 0.6) is 0 Å². The highest BCUT2D eigenvalue weighted by molar-refractivity contribution is 6.51. The quantitative estimate of drug-likeness (QED) is 0.696. The van der Waals surface area contributed by atoms with Crippen molar-refractivity contribution in [1.29, 1.82) is 0 Å². The highest BCUT2D eigenvalue weighted by Gasteiger charge is 2.12. The van der Waals surface area contributed by atoms with E-state index in [4.69, 9.17) is 46.4 Å². The van der Waals surface area contributed by atoms with Gasteiger partial charge in [0.15, 0.2) is 0 Å². The van der Waals surface area contributed by atoms with E-state index >= 15 is 0 Å². The Morgan fingerprint density at radius 2 is 1.62 bits per heavy atom. The Balaban J connectivity index is 2.97. The summed E-state index contributed by atoms with van der Waals surface area (Å²) >= 11 is 23.5. The van der Waals surface area contributed by atoms with Crippen LogP contribution in [0.15, 0.2) is 12.1 Å². The molecule has 0 unspecified atom stereocenters. The van der Waals surface area contributed by atoms with Gasteiger partial charge in [-0.05, 0) is 12.1 Å². The maximum Gasteiger partial charge on any atom is 0.126 e. The molecule has 1 heterocycles. The molecule has 0 fully saturated rings. The third-order valence-electron chi connectivity index (χ3n) is 1.75. The average Bonchev–Trinajstić information content (AvgIpc) is 2.37. The standard InChI is InChI=1S/C8H3Cl4N/c9-3-1-2-4-5(6(3)10)7(11)8(12)13-4/h1-2,13H. The minimum Gasteiger partial charge on any atom is -0.344 e. The molecule has 0 saturated carbocycles. The van der Waals surface area contributed by atoms with Crippen molar-refractivity contribution in [3.63, 3.8) is 0 Å². The SMILES string of the molecule is Clc1ccc2[nH]c(Cl)c(Cl)c2c1Cl. The Bertz CT molecular complexity index is 474. The van der Waals surface area contributed by atoms with Gasteiger partial charge in [0, 0.05) is 10.9 Å². The van der Waals surface area contributed by atoms with Crippen LogP contribution in [0.2, 0.25) is 20.2 Å². The molecule has 0 bridgehead atoms. The zero-order valence-electron chi connectivity index (χ0n) is 6.17. The minimum absolute atomic E-state index is 0.376. The van der Waals surface area contributed by atoms with Gasteiger partial charge in [-0.3, -0.25) is 0 Å². The van der Waals surface area contributed by atoms with Gasteiger partial charge in [0.25, 0.3) is 0 Å². The molecule has 5 heteroatoms. The maximum absolute atomic E-state index is 5.95. The van der Waals surface area contributed by atoms with E-state index in [9.17, 15) is 0 Å². The fourth-order valence-electron chi connectivity index (χ4n) is 1.15. The van der Waals surface area contributed by atoms with Crippen molar-refractivity contribution >= 4 is 57.3 Å². The van der Waals surface area contributed by atoms with Gasteiger partial charge in [-0.15, -0.1) is 0 Å². The van der Waals surface area contributed by atoms with Gasteiger partial charge in [-0.1, -0.05) is 46.4 Å². The van der Waals surface area contributed by atoms with Gasteiger partial charge in [-0.2, -0.15) is 0 Å². The molecular formula is C8H3Cl4N. The van der Waals surface area contributed by atoms with E-state index in [0.717, 1.165) is 5.52 Å². The first-order valence-electron chi connectivity index (χ1n) is 3.42. The second-order valence-electron chi connectivity index (χ2n) is 2.54. The lowest BCUT2D eigenvalue weighted by molar-refractivity contribution is 1.47. The largest absolute Gasteiger partial charge is 0.344 e. The normalized spacial score (nSPS) is 11.1. The molecule has 0 spiro atoms. The first kappa shape index (κ1) is 9.47. The van der Waals surface area contributed by atoms with Crippen LogP contribution < -0.4 is 0 Å². The van der Waals surface area contributed by atoms with Crippen molar-refractivity contribution in [2.45, 2.75) is 0 Å². The number of nitrogens with one attached hydrogen (secondary N) is 1.